The standard InChI is InChI=1S/C12H13NO5S/c1-3-17-12(14)9-7-8-5-4-6-10(11(8)13-9)18-19(2,15)16/h4-7,13H,3H2,1-2H3. The lowest BCUT2D eigenvalue weighted by Gasteiger charge is -2.03. The summed E-state index contributed by atoms with van der Waals surface area (Å²) in [7, 11) is -3.63. The van der Waals surface area contributed by atoms with Crippen molar-refractivity contribution < 1.29 is 22.1 Å². The summed E-state index contributed by atoms with van der Waals surface area (Å²) in [5.74, 6) is -0.348. The van der Waals surface area contributed by atoms with Crippen molar-refractivity contribution in [2.45, 2.75) is 6.92 Å². The van der Waals surface area contributed by atoms with Crippen LogP contribution in [-0.2, 0) is 14.9 Å². The number of carbonyl (C=O) groups is 1. The molecule has 19 heavy (non-hydrogen) atoms. The molecular formula is C12H13NO5S. The summed E-state index contributed by atoms with van der Waals surface area (Å²) >= 11 is 0. The SMILES string of the molecule is CCOC(=O)c1cc2cccc(OS(C)(=O)=O)c2[nH]1. The van der Waals surface area contributed by atoms with Crippen molar-refractivity contribution in [3.63, 3.8) is 0 Å². The molecule has 2 rings (SSSR count). The molecule has 1 aromatic heterocycles. The van der Waals surface area contributed by atoms with E-state index >= 15 is 0 Å². The van der Waals surface area contributed by atoms with E-state index < -0.39 is 16.1 Å². The number of fused-ring (bicyclic) bond motifs is 1. The van der Waals surface area contributed by atoms with E-state index in [1.54, 1.807) is 25.1 Å². The first-order chi connectivity index (χ1) is 8.90. The molecule has 102 valence electrons. The van der Waals surface area contributed by atoms with Crippen LogP contribution in [0.4, 0.5) is 0 Å². The topological polar surface area (TPSA) is 85.5 Å². The van der Waals surface area contributed by atoms with Gasteiger partial charge in [0.05, 0.1) is 18.4 Å². The van der Waals surface area contributed by atoms with E-state index in [9.17, 15) is 13.2 Å². The van der Waals surface area contributed by atoms with Gasteiger partial charge >= 0.3 is 16.1 Å². The number of nitrogens with one attached hydrogen (secondary N) is 1. The second-order valence-electron chi connectivity index (χ2n) is 3.91. The van der Waals surface area contributed by atoms with Crippen molar-refractivity contribution in [1.29, 1.82) is 0 Å². The van der Waals surface area contributed by atoms with Gasteiger partial charge < -0.3 is 13.9 Å². The minimum atomic E-state index is -3.63. The maximum atomic E-state index is 11.6. The van der Waals surface area contributed by atoms with Gasteiger partial charge in [0.1, 0.15) is 5.69 Å². The van der Waals surface area contributed by atoms with Crippen LogP contribution in [0, 0.1) is 0 Å². The van der Waals surface area contributed by atoms with Gasteiger partial charge in [-0.05, 0) is 19.1 Å². The first-order valence-electron chi connectivity index (χ1n) is 5.59. The van der Waals surface area contributed by atoms with E-state index in [2.05, 4.69) is 4.98 Å². The third-order valence-corrected chi connectivity index (χ3v) is 2.84. The van der Waals surface area contributed by atoms with Crippen LogP contribution in [0.25, 0.3) is 10.9 Å². The number of ether oxygens (including phenoxy) is 1. The lowest BCUT2D eigenvalue weighted by atomic mass is 10.2. The van der Waals surface area contributed by atoms with Gasteiger partial charge in [0, 0.05) is 5.39 Å². The van der Waals surface area contributed by atoms with Gasteiger partial charge in [-0.2, -0.15) is 8.42 Å². The Morgan fingerprint density at radius 3 is 2.74 bits per heavy atom. The zero-order valence-corrected chi connectivity index (χ0v) is 11.3. The van der Waals surface area contributed by atoms with Gasteiger partial charge in [0.2, 0.25) is 0 Å². The van der Waals surface area contributed by atoms with Crippen LogP contribution >= 0.6 is 0 Å². The molecule has 6 nitrogen and oxygen atoms in total. The van der Waals surface area contributed by atoms with E-state index in [0.717, 1.165) is 6.26 Å². The molecule has 0 atom stereocenters. The minimum absolute atomic E-state index is 0.149. The molecule has 0 aliphatic heterocycles. The van der Waals surface area contributed by atoms with Gasteiger partial charge in [-0.1, -0.05) is 12.1 Å². The van der Waals surface area contributed by atoms with Crippen LogP contribution in [0.15, 0.2) is 24.3 Å². The Morgan fingerprint density at radius 2 is 2.11 bits per heavy atom. The quantitative estimate of drug-likeness (QED) is 0.681. The third kappa shape index (κ3) is 3.05. The molecule has 0 aliphatic carbocycles. The largest absolute Gasteiger partial charge is 0.461 e. The summed E-state index contributed by atoms with van der Waals surface area (Å²) in [6.45, 7) is 1.97. The highest BCUT2D eigenvalue weighted by molar-refractivity contribution is 7.86. The zero-order valence-electron chi connectivity index (χ0n) is 10.5. The molecular weight excluding hydrogens is 270 g/mol. The number of hydrogen-bond donors (Lipinski definition) is 1. The van der Waals surface area contributed by atoms with E-state index in [0.29, 0.717) is 10.9 Å². The lowest BCUT2D eigenvalue weighted by Crippen LogP contribution is -2.06. The molecule has 0 amide bonds. The molecule has 1 aromatic carbocycles. The summed E-state index contributed by atoms with van der Waals surface area (Å²) in [5.41, 5.74) is 0.692. The summed E-state index contributed by atoms with van der Waals surface area (Å²) in [6, 6.07) is 6.48. The van der Waals surface area contributed by atoms with E-state index in [4.69, 9.17) is 8.92 Å². The maximum Gasteiger partial charge on any atom is 0.354 e. The summed E-state index contributed by atoms with van der Waals surface area (Å²) in [6.07, 6.45) is 0.959. The number of para-hydroxylation sites is 1. The van der Waals surface area contributed by atoms with Gasteiger partial charge in [-0.3, -0.25) is 0 Å². The average molecular weight is 283 g/mol. The maximum absolute atomic E-state index is 11.6. The first-order valence-corrected chi connectivity index (χ1v) is 7.40. The monoisotopic (exact) mass is 283 g/mol. The molecule has 1 heterocycles. The number of aromatic amines is 1. The van der Waals surface area contributed by atoms with Crippen LogP contribution in [0.3, 0.4) is 0 Å². The van der Waals surface area contributed by atoms with Crippen LogP contribution in [0.5, 0.6) is 5.75 Å². The predicted octanol–water partition coefficient (Wildman–Crippen LogP) is 1.68. The summed E-state index contributed by atoms with van der Waals surface area (Å²) in [4.78, 5) is 14.4. The molecule has 0 bridgehead atoms. The van der Waals surface area contributed by atoms with Gasteiger partial charge in [0.25, 0.3) is 0 Å². The molecule has 1 N–H and O–H groups in total. The van der Waals surface area contributed by atoms with Crippen LogP contribution in [0.1, 0.15) is 17.4 Å². The molecule has 0 saturated heterocycles. The average Bonchev–Trinajstić information content (AvgIpc) is 2.72. The van der Waals surface area contributed by atoms with Crippen molar-refractivity contribution in [3.8, 4) is 5.75 Å². The minimum Gasteiger partial charge on any atom is -0.461 e. The van der Waals surface area contributed by atoms with E-state index in [1.807, 2.05) is 0 Å². The lowest BCUT2D eigenvalue weighted by molar-refractivity contribution is 0.0520. The number of rotatable bonds is 4. The van der Waals surface area contributed by atoms with Crippen molar-refractivity contribution in [3.05, 3.63) is 30.0 Å². The highest BCUT2D eigenvalue weighted by Gasteiger charge is 2.14. The number of carbonyl (C=O) groups excluding carboxylic acids is 1. The molecule has 0 spiro atoms. The van der Waals surface area contributed by atoms with Gasteiger partial charge in [-0.15, -0.1) is 0 Å². The fraction of sp³-hybridized carbons (Fsp3) is 0.250. The van der Waals surface area contributed by atoms with Crippen LogP contribution < -0.4 is 4.18 Å². The number of hydrogen-bond acceptors (Lipinski definition) is 5. The van der Waals surface area contributed by atoms with Crippen molar-refractivity contribution in [1.82, 2.24) is 4.98 Å². The first kappa shape index (κ1) is 13.4. The predicted molar refractivity (Wildman–Crippen MR) is 69.7 cm³/mol. The molecule has 0 aliphatic rings. The Morgan fingerprint density at radius 1 is 1.37 bits per heavy atom. The molecule has 0 fully saturated rings. The van der Waals surface area contributed by atoms with Crippen molar-refractivity contribution >= 4 is 27.0 Å². The third-order valence-electron chi connectivity index (χ3n) is 2.35. The molecule has 0 saturated carbocycles. The Kier molecular flexibility index (Phi) is 3.48. The number of esters is 1. The van der Waals surface area contributed by atoms with E-state index in [1.165, 1.54) is 6.07 Å². The number of H-pyrrole nitrogens is 1. The Labute approximate surface area is 110 Å². The smallest absolute Gasteiger partial charge is 0.354 e. The number of benzene rings is 1. The Hall–Kier alpha value is -2.02. The molecule has 0 unspecified atom stereocenters. The second-order valence-corrected chi connectivity index (χ2v) is 5.49. The van der Waals surface area contributed by atoms with Gasteiger partial charge in [0.15, 0.2) is 5.75 Å². The fourth-order valence-electron chi connectivity index (χ4n) is 1.68. The van der Waals surface area contributed by atoms with E-state index in [-0.39, 0.29) is 18.1 Å². The fourth-order valence-corrected chi connectivity index (χ4v) is 2.14. The summed E-state index contributed by atoms with van der Waals surface area (Å²) < 4.78 is 32.0. The second kappa shape index (κ2) is 4.93. The molecule has 2 aromatic rings. The summed E-state index contributed by atoms with van der Waals surface area (Å²) in [5, 5.41) is 0.671. The van der Waals surface area contributed by atoms with Crippen molar-refractivity contribution in [2.75, 3.05) is 12.9 Å². The molecule has 7 heteroatoms. The molecule has 0 radical (unpaired) electrons. The normalized spacial score (nSPS) is 11.5. The van der Waals surface area contributed by atoms with Crippen molar-refractivity contribution in [2.24, 2.45) is 0 Å². The van der Waals surface area contributed by atoms with Crippen LogP contribution in [0.2, 0.25) is 0 Å². The van der Waals surface area contributed by atoms with Crippen LogP contribution in [-0.4, -0.2) is 32.2 Å². The Balaban J connectivity index is 2.48. The highest BCUT2D eigenvalue weighted by atomic mass is 32.2. The number of aromatic nitrogens is 1. The van der Waals surface area contributed by atoms with Gasteiger partial charge in [-0.25, -0.2) is 4.79 Å². The Bertz CT molecular complexity index is 717. The zero-order chi connectivity index (χ0) is 14.0. The highest BCUT2D eigenvalue weighted by Crippen LogP contribution is 2.26.